The largest absolute Gasteiger partial charge is 0.412 e. The number of halogens is 1. The number of imidazole rings is 1. The standard InChI is InChI=1S/C17H22ClN5OSi/c1-17(2,3)25(4,5)24-11-12-8-13(21-20-9-12)14-10-19-16-7-6-15(18)22-23(14)16/h6-10H,11H2,1-5H3. The average Bonchev–Trinajstić information content (AvgIpc) is 2.95. The van der Waals surface area contributed by atoms with Crippen molar-refractivity contribution in [2.45, 2.75) is 45.5 Å². The highest BCUT2D eigenvalue weighted by atomic mass is 35.5. The highest BCUT2D eigenvalue weighted by molar-refractivity contribution is 6.74. The second kappa shape index (κ2) is 6.47. The van der Waals surface area contributed by atoms with E-state index in [9.17, 15) is 0 Å². The summed E-state index contributed by atoms with van der Waals surface area (Å²) in [4.78, 5) is 4.33. The van der Waals surface area contributed by atoms with Crippen molar-refractivity contribution < 1.29 is 4.43 Å². The number of rotatable bonds is 4. The third-order valence-corrected chi connectivity index (χ3v) is 9.39. The van der Waals surface area contributed by atoms with Crippen LogP contribution in [0.1, 0.15) is 26.3 Å². The quantitative estimate of drug-likeness (QED) is 0.634. The first-order chi connectivity index (χ1) is 11.7. The summed E-state index contributed by atoms with van der Waals surface area (Å²) >= 11 is 6.00. The van der Waals surface area contributed by atoms with Gasteiger partial charge < -0.3 is 4.43 Å². The van der Waals surface area contributed by atoms with Gasteiger partial charge in [-0.3, -0.25) is 0 Å². The lowest BCUT2D eigenvalue weighted by Crippen LogP contribution is -2.40. The van der Waals surface area contributed by atoms with Gasteiger partial charge in [-0.15, -0.1) is 5.10 Å². The minimum absolute atomic E-state index is 0.165. The predicted octanol–water partition coefficient (Wildman–Crippen LogP) is 4.36. The van der Waals surface area contributed by atoms with Gasteiger partial charge in [0, 0.05) is 0 Å². The molecule has 0 amide bonds. The molecule has 0 fully saturated rings. The number of hydrogen-bond acceptors (Lipinski definition) is 5. The van der Waals surface area contributed by atoms with E-state index in [-0.39, 0.29) is 5.04 Å². The van der Waals surface area contributed by atoms with E-state index in [1.165, 1.54) is 0 Å². The van der Waals surface area contributed by atoms with Crippen molar-refractivity contribution in [1.29, 1.82) is 0 Å². The van der Waals surface area contributed by atoms with Crippen LogP contribution < -0.4 is 0 Å². The van der Waals surface area contributed by atoms with Crippen molar-refractivity contribution in [3.8, 4) is 11.4 Å². The fourth-order valence-corrected chi connectivity index (χ4v) is 3.22. The highest BCUT2D eigenvalue weighted by Crippen LogP contribution is 2.37. The van der Waals surface area contributed by atoms with Gasteiger partial charge in [-0.2, -0.15) is 10.2 Å². The Labute approximate surface area is 153 Å². The smallest absolute Gasteiger partial charge is 0.192 e. The van der Waals surface area contributed by atoms with E-state index in [0.29, 0.717) is 23.1 Å². The zero-order chi connectivity index (χ0) is 18.2. The molecule has 0 atom stereocenters. The molecule has 0 saturated carbocycles. The van der Waals surface area contributed by atoms with Crippen molar-refractivity contribution in [1.82, 2.24) is 24.8 Å². The summed E-state index contributed by atoms with van der Waals surface area (Å²) in [5.74, 6) is 0. The summed E-state index contributed by atoms with van der Waals surface area (Å²) < 4.78 is 7.94. The molecular formula is C17H22ClN5OSi. The Morgan fingerprint density at radius 3 is 2.68 bits per heavy atom. The van der Waals surface area contributed by atoms with E-state index in [1.54, 1.807) is 23.0 Å². The van der Waals surface area contributed by atoms with E-state index in [0.717, 1.165) is 11.3 Å². The van der Waals surface area contributed by atoms with E-state index in [2.05, 4.69) is 54.1 Å². The summed E-state index contributed by atoms with van der Waals surface area (Å²) in [7, 11) is -1.82. The zero-order valence-corrected chi connectivity index (χ0v) is 16.9. The molecule has 0 N–H and O–H groups in total. The molecule has 0 saturated heterocycles. The first-order valence-corrected chi connectivity index (χ1v) is 11.4. The second-order valence-electron chi connectivity index (χ2n) is 7.57. The van der Waals surface area contributed by atoms with Crippen LogP contribution >= 0.6 is 11.6 Å². The van der Waals surface area contributed by atoms with Crippen molar-refractivity contribution >= 4 is 25.6 Å². The van der Waals surface area contributed by atoms with Gasteiger partial charge in [0.25, 0.3) is 0 Å². The molecule has 0 spiro atoms. The molecule has 0 aliphatic heterocycles. The molecule has 0 unspecified atom stereocenters. The molecule has 3 rings (SSSR count). The van der Waals surface area contributed by atoms with E-state index in [4.69, 9.17) is 16.0 Å². The van der Waals surface area contributed by atoms with Gasteiger partial charge in [0.05, 0.1) is 19.0 Å². The normalized spacial score (nSPS) is 12.7. The Morgan fingerprint density at radius 2 is 1.96 bits per heavy atom. The van der Waals surface area contributed by atoms with Crippen LogP contribution in [0.2, 0.25) is 23.3 Å². The molecule has 0 aromatic carbocycles. The van der Waals surface area contributed by atoms with Crippen LogP contribution in [-0.4, -0.2) is 33.1 Å². The van der Waals surface area contributed by atoms with Crippen LogP contribution in [0.4, 0.5) is 0 Å². The van der Waals surface area contributed by atoms with Crippen molar-refractivity contribution in [3.63, 3.8) is 0 Å². The first kappa shape index (κ1) is 18.0. The summed E-state index contributed by atoms with van der Waals surface area (Å²) in [6, 6.07) is 5.49. The summed E-state index contributed by atoms with van der Waals surface area (Å²) in [5, 5.41) is 13.2. The fourth-order valence-electron chi connectivity index (χ4n) is 2.12. The van der Waals surface area contributed by atoms with Gasteiger partial charge in [-0.1, -0.05) is 32.4 Å². The van der Waals surface area contributed by atoms with Crippen molar-refractivity contribution in [2.24, 2.45) is 0 Å². The Kier molecular flexibility index (Phi) is 4.65. The summed E-state index contributed by atoms with van der Waals surface area (Å²) in [6.07, 6.45) is 3.46. The molecular weight excluding hydrogens is 354 g/mol. The van der Waals surface area contributed by atoms with Crippen LogP contribution in [-0.2, 0) is 11.0 Å². The second-order valence-corrected chi connectivity index (χ2v) is 12.8. The molecule has 8 heteroatoms. The van der Waals surface area contributed by atoms with Crippen molar-refractivity contribution in [2.75, 3.05) is 0 Å². The van der Waals surface area contributed by atoms with Crippen molar-refractivity contribution in [3.05, 3.63) is 41.3 Å². The molecule has 0 aliphatic rings. The Morgan fingerprint density at radius 1 is 1.20 bits per heavy atom. The SMILES string of the molecule is CC(C)(C)[Si](C)(C)OCc1cnnc(-c2cnc3ccc(Cl)nn23)c1. The third kappa shape index (κ3) is 3.73. The van der Waals surface area contributed by atoms with Crippen LogP contribution in [0.25, 0.3) is 17.0 Å². The van der Waals surface area contributed by atoms with Crippen LogP contribution in [0.3, 0.4) is 0 Å². The Bertz CT molecular complexity index is 903. The summed E-state index contributed by atoms with van der Waals surface area (Å²) in [6.45, 7) is 11.7. The maximum atomic E-state index is 6.27. The van der Waals surface area contributed by atoms with Gasteiger partial charge in [0.15, 0.2) is 14.0 Å². The van der Waals surface area contributed by atoms with Gasteiger partial charge in [0.2, 0.25) is 0 Å². The molecule has 3 heterocycles. The number of fused-ring (bicyclic) bond motifs is 1. The van der Waals surface area contributed by atoms with Gasteiger partial charge in [-0.05, 0) is 41.9 Å². The lowest BCUT2D eigenvalue weighted by molar-refractivity contribution is 0.276. The maximum absolute atomic E-state index is 6.27. The lowest BCUT2D eigenvalue weighted by Gasteiger charge is -2.36. The summed E-state index contributed by atoms with van der Waals surface area (Å²) in [5.41, 5.74) is 3.13. The monoisotopic (exact) mass is 375 g/mol. The first-order valence-electron chi connectivity index (χ1n) is 8.14. The fraction of sp³-hybridized carbons (Fsp3) is 0.412. The van der Waals surface area contributed by atoms with Gasteiger partial charge in [-0.25, -0.2) is 9.50 Å². The number of nitrogens with zero attached hydrogens (tertiary/aromatic N) is 5. The molecule has 0 bridgehead atoms. The zero-order valence-electron chi connectivity index (χ0n) is 15.1. The van der Waals surface area contributed by atoms with E-state index < -0.39 is 8.32 Å². The van der Waals surface area contributed by atoms with Crippen LogP contribution in [0, 0.1) is 0 Å². The molecule has 25 heavy (non-hydrogen) atoms. The minimum Gasteiger partial charge on any atom is -0.412 e. The molecule has 3 aromatic rings. The van der Waals surface area contributed by atoms with Crippen LogP contribution in [0.5, 0.6) is 0 Å². The highest BCUT2D eigenvalue weighted by Gasteiger charge is 2.37. The molecule has 3 aromatic heterocycles. The average molecular weight is 376 g/mol. The predicted molar refractivity (Wildman–Crippen MR) is 101 cm³/mol. The third-order valence-electron chi connectivity index (χ3n) is 4.71. The Balaban J connectivity index is 1.88. The number of hydrogen-bond donors (Lipinski definition) is 0. The topological polar surface area (TPSA) is 65.2 Å². The van der Waals surface area contributed by atoms with Gasteiger partial charge >= 0.3 is 0 Å². The molecule has 0 aliphatic carbocycles. The van der Waals surface area contributed by atoms with Gasteiger partial charge in [0.1, 0.15) is 16.5 Å². The molecule has 132 valence electrons. The molecule has 0 radical (unpaired) electrons. The van der Waals surface area contributed by atoms with E-state index >= 15 is 0 Å². The van der Waals surface area contributed by atoms with Crippen LogP contribution in [0.15, 0.2) is 30.6 Å². The minimum atomic E-state index is -1.82. The maximum Gasteiger partial charge on any atom is 0.192 e. The lowest BCUT2D eigenvalue weighted by atomic mass is 10.2. The molecule has 6 nitrogen and oxygen atoms in total. The number of aromatic nitrogens is 5. The van der Waals surface area contributed by atoms with E-state index in [1.807, 2.05) is 12.1 Å². The Hall–Kier alpha value is -1.83.